The second kappa shape index (κ2) is 4.27. The van der Waals surface area contributed by atoms with Gasteiger partial charge in [0.1, 0.15) is 0 Å². The lowest BCUT2D eigenvalue weighted by Gasteiger charge is -2.14. The first-order valence-electron chi connectivity index (χ1n) is 4.54. The third-order valence-electron chi connectivity index (χ3n) is 2.05. The van der Waals surface area contributed by atoms with E-state index in [1.54, 1.807) is 24.3 Å². The Bertz CT molecular complexity index is 421. The Labute approximate surface area is 91.5 Å². The van der Waals surface area contributed by atoms with Crippen LogP contribution in [0.3, 0.4) is 0 Å². The van der Waals surface area contributed by atoms with Gasteiger partial charge < -0.3 is 4.90 Å². The third kappa shape index (κ3) is 2.24. The van der Waals surface area contributed by atoms with Crippen molar-refractivity contribution < 1.29 is 4.79 Å². The second-order valence-corrected chi connectivity index (χ2v) is 4.19. The molecule has 0 aliphatic heterocycles. The fourth-order valence-corrected chi connectivity index (χ4v) is 2.02. The Balaban J connectivity index is 2.03. The number of nitrogens with one attached hydrogen (secondary N) is 1. The summed E-state index contributed by atoms with van der Waals surface area (Å²) in [6, 6.07) is 3.71. The number of carbonyl (C=O) groups is 1. The molecule has 0 fully saturated rings. The number of thiophene rings is 1. The molecule has 2 aromatic rings. The topological polar surface area (TPSA) is 49.0 Å². The largest absolute Gasteiger partial charge is 0.337 e. The lowest BCUT2D eigenvalue weighted by molar-refractivity contribution is 0.0790. The number of hydrogen-bond donors (Lipinski definition) is 1. The first-order chi connectivity index (χ1) is 7.27. The van der Waals surface area contributed by atoms with Gasteiger partial charge in [-0.25, -0.2) is 0 Å². The van der Waals surface area contributed by atoms with E-state index in [0.29, 0.717) is 6.54 Å². The highest BCUT2D eigenvalue weighted by Gasteiger charge is 2.12. The molecule has 0 unspecified atom stereocenters. The number of aromatic nitrogens is 2. The molecule has 0 spiro atoms. The highest BCUT2D eigenvalue weighted by Crippen LogP contribution is 2.12. The van der Waals surface area contributed by atoms with Crippen LogP contribution in [0.25, 0.3) is 0 Å². The van der Waals surface area contributed by atoms with Crippen LogP contribution in [-0.2, 0) is 6.54 Å². The Hall–Kier alpha value is -1.62. The van der Waals surface area contributed by atoms with E-state index in [0.717, 1.165) is 10.4 Å². The normalized spacial score (nSPS) is 10.2. The van der Waals surface area contributed by atoms with Crippen LogP contribution in [0.15, 0.2) is 29.9 Å². The van der Waals surface area contributed by atoms with Gasteiger partial charge in [0, 0.05) is 25.4 Å². The van der Waals surface area contributed by atoms with E-state index in [9.17, 15) is 4.79 Å². The van der Waals surface area contributed by atoms with Crippen molar-refractivity contribution in [3.05, 3.63) is 40.3 Å². The zero-order valence-electron chi connectivity index (χ0n) is 8.30. The van der Waals surface area contributed by atoms with Crippen LogP contribution in [0.1, 0.15) is 15.2 Å². The number of carbonyl (C=O) groups excluding carboxylic acids is 1. The Morgan fingerprint density at radius 3 is 3.13 bits per heavy atom. The number of nitrogens with zero attached hydrogens (tertiary/aromatic N) is 2. The zero-order chi connectivity index (χ0) is 10.7. The van der Waals surface area contributed by atoms with Gasteiger partial charge in [-0.05, 0) is 11.4 Å². The molecule has 4 nitrogen and oxygen atoms in total. The SMILES string of the molecule is CN(Cc1cn[nH]c1)C(=O)c1cccs1. The molecule has 0 radical (unpaired) electrons. The predicted octanol–water partition coefficient (Wildman–Crippen LogP) is 1.74. The average Bonchev–Trinajstić information content (AvgIpc) is 2.88. The molecule has 2 rings (SSSR count). The van der Waals surface area contributed by atoms with Crippen molar-refractivity contribution in [2.75, 3.05) is 7.05 Å². The summed E-state index contributed by atoms with van der Waals surface area (Å²) in [4.78, 5) is 14.3. The van der Waals surface area contributed by atoms with Crippen LogP contribution >= 0.6 is 11.3 Å². The molecular formula is C10H11N3OS. The Morgan fingerprint density at radius 2 is 2.53 bits per heavy atom. The van der Waals surface area contributed by atoms with Gasteiger partial charge in [-0.15, -0.1) is 11.3 Å². The third-order valence-corrected chi connectivity index (χ3v) is 2.91. The minimum atomic E-state index is 0.0474. The van der Waals surface area contributed by atoms with Crippen LogP contribution in [0.2, 0.25) is 0 Å². The maximum absolute atomic E-state index is 11.8. The summed E-state index contributed by atoms with van der Waals surface area (Å²) < 4.78 is 0. The summed E-state index contributed by atoms with van der Waals surface area (Å²) in [6.07, 6.45) is 3.51. The predicted molar refractivity (Wildman–Crippen MR) is 58.7 cm³/mol. The Morgan fingerprint density at radius 1 is 1.67 bits per heavy atom. The first kappa shape index (κ1) is 9.92. The molecular weight excluding hydrogens is 210 g/mol. The quantitative estimate of drug-likeness (QED) is 0.858. The monoisotopic (exact) mass is 221 g/mol. The molecule has 0 atom stereocenters. The van der Waals surface area contributed by atoms with E-state index in [4.69, 9.17) is 0 Å². The standard InChI is InChI=1S/C10H11N3OS/c1-13(7-8-5-11-12-6-8)10(14)9-3-2-4-15-9/h2-6H,7H2,1H3,(H,11,12). The van der Waals surface area contributed by atoms with Crippen molar-refractivity contribution in [1.82, 2.24) is 15.1 Å². The van der Waals surface area contributed by atoms with E-state index >= 15 is 0 Å². The zero-order valence-corrected chi connectivity index (χ0v) is 9.12. The van der Waals surface area contributed by atoms with Gasteiger partial charge in [-0.3, -0.25) is 9.89 Å². The minimum absolute atomic E-state index is 0.0474. The van der Waals surface area contributed by atoms with Crippen molar-refractivity contribution >= 4 is 17.2 Å². The maximum atomic E-state index is 11.8. The van der Waals surface area contributed by atoms with Crippen LogP contribution in [0.5, 0.6) is 0 Å². The van der Waals surface area contributed by atoms with E-state index in [1.807, 2.05) is 17.5 Å². The fraction of sp³-hybridized carbons (Fsp3) is 0.200. The van der Waals surface area contributed by atoms with Crippen molar-refractivity contribution in [3.8, 4) is 0 Å². The van der Waals surface area contributed by atoms with Crippen molar-refractivity contribution in [1.29, 1.82) is 0 Å². The first-order valence-corrected chi connectivity index (χ1v) is 5.42. The molecule has 2 heterocycles. The van der Waals surface area contributed by atoms with Crippen LogP contribution in [-0.4, -0.2) is 28.1 Å². The molecule has 78 valence electrons. The van der Waals surface area contributed by atoms with Crippen LogP contribution in [0.4, 0.5) is 0 Å². The summed E-state index contributed by atoms with van der Waals surface area (Å²) in [5.41, 5.74) is 1.00. The van der Waals surface area contributed by atoms with Gasteiger partial charge >= 0.3 is 0 Å². The molecule has 5 heteroatoms. The summed E-state index contributed by atoms with van der Waals surface area (Å²) in [5.74, 6) is 0.0474. The molecule has 2 aromatic heterocycles. The molecule has 0 aliphatic rings. The van der Waals surface area contributed by atoms with Gasteiger partial charge in [0.05, 0.1) is 11.1 Å². The molecule has 1 amide bonds. The summed E-state index contributed by atoms with van der Waals surface area (Å²) in [5, 5.41) is 8.46. The van der Waals surface area contributed by atoms with Crippen LogP contribution in [0, 0.1) is 0 Å². The van der Waals surface area contributed by atoms with Gasteiger partial charge in [0.25, 0.3) is 5.91 Å². The maximum Gasteiger partial charge on any atom is 0.263 e. The van der Waals surface area contributed by atoms with Crippen molar-refractivity contribution in [2.45, 2.75) is 6.54 Å². The molecule has 0 aromatic carbocycles. The van der Waals surface area contributed by atoms with Gasteiger partial charge in [0.2, 0.25) is 0 Å². The second-order valence-electron chi connectivity index (χ2n) is 3.25. The fourth-order valence-electron chi connectivity index (χ4n) is 1.30. The average molecular weight is 221 g/mol. The Kier molecular flexibility index (Phi) is 2.82. The van der Waals surface area contributed by atoms with E-state index < -0.39 is 0 Å². The molecule has 15 heavy (non-hydrogen) atoms. The van der Waals surface area contributed by atoms with Crippen molar-refractivity contribution in [3.63, 3.8) is 0 Å². The number of H-pyrrole nitrogens is 1. The van der Waals surface area contributed by atoms with Gasteiger partial charge in [-0.2, -0.15) is 5.10 Å². The van der Waals surface area contributed by atoms with Gasteiger partial charge in [0.15, 0.2) is 0 Å². The van der Waals surface area contributed by atoms with Crippen molar-refractivity contribution in [2.24, 2.45) is 0 Å². The lowest BCUT2D eigenvalue weighted by Crippen LogP contribution is -2.25. The highest BCUT2D eigenvalue weighted by molar-refractivity contribution is 7.12. The molecule has 0 aliphatic carbocycles. The molecule has 0 bridgehead atoms. The minimum Gasteiger partial charge on any atom is -0.337 e. The summed E-state index contributed by atoms with van der Waals surface area (Å²) in [7, 11) is 1.79. The summed E-state index contributed by atoms with van der Waals surface area (Å²) in [6.45, 7) is 0.577. The highest BCUT2D eigenvalue weighted by atomic mass is 32.1. The summed E-state index contributed by atoms with van der Waals surface area (Å²) >= 11 is 1.46. The number of rotatable bonds is 3. The smallest absolute Gasteiger partial charge is 0.263 e. The van der Waals surface area contributed by atoms with E-state index in [2.05, 4.69) is 10.2 Å². The van der Waals surface area contributed by atoms with Gasteiger partial charge in [-0.1, -0.05) is 6.07 Å². The van der Waals surface area contributed by atoms with E-state index in [-0.39, 0.29) is 5.91 Å². The molecule has 1 N–H and O–H groups in total. The molecule has 0 saturated carbocycles. The number of amides is 1. The number of hydrogen-bond acceptors (Lipinski definition) is 3. The number of aromatic amines is 1. The van der Waals surface area contributed by atoms with Crippen LogP contribution < -0.4 is 0 Å². The van der Waals surface area contributed by atoms with E-state index in [1.165, 1.54) is 11.3 Å². The molecule has 0 saturated heterocycles. The lowest BCUT2D eigenvalue weighted by atomic mass is 10.3.